The number of rotatable bonds is 7. The van der Waals surface area contributed by atoms with Crippen molar-refractivity contribution in [1.82, 2.24) is 0 Å². The number of nitrogens with two attached hydrogens (primary N) is 1. The van der Waals surface area contributed by atoms with E-state index in [1.807, 2.05) is 19.1 Å². The molecule has 0 bridgehead atoms. The molecule has 21 heavy (non-hydrogen) atoms. The fourth-order valence-electron chi connectivity index (χ4n) is 3.12. The molecule has 1 saturated carbocycles. The molecular formula is C16H26N2O2S. The molecule has 0 heterocycles. The summed E-state index contributed by atoms with van der Waals surface area (Å²) in [5, 5.41) is 3.35. The van der Waals surface area contributed by atoms with Gasteiger partial charge in [-0.25, -0.2) is 8.42 Å². The Balaban J connectivity index is 2.17. The normalized spacial score (nSPS) is 17.8. The maximum absolute atomic E-state index is 12.3. The predicted molar refractivity (Wildman–Crippen MR) is 87.2 cm³/mol. The van der Waals surface area contributed by atoms with Crippen LogP contribution in [0, 0.1) is 5.41 Å². The van der Waals surface area contributed by atoms with Gasteiger partial charge >= 0.3 is 0 Å². The van der Waals surface area contributed by atoms with Gasteiger partial charge in [0.2, 0.25) is 0 Å². The van der Waals surface area contributed by atoms with Gasteiger partial charge in [-0.1, -0.05) is 31.9 Å². The van der Waals surface area contributed by atoms with Crippen LogP contribution in [0.25, 0.3) is 0 Å². The van der Waals surface area contributed by atoms with Gasteiger partial charge in [-0.3, -0.25) is 0 Å². The largest absolute Gasteiger partial charge is 0.383 e. The Morgan fingerprint density at radius 1 is 1.24 bits per heavy atom. The molecule has 2 rings (SSSR count). The van der Waals surface area contributed by atoms with Crippen molar-refractivity contribution in [2.24, 2.45) is 11.1 Å². The molecule has 1 fully saturated rings. The van der Waals surface area contributed by atoms with Gasteiger partial charge in [-0.2, -0.15) is 0 Å². The van der Waals surface area contributed by atoms with Crippen molar-refractivity contribution >= 4 is 15.5 Å². The minimum atomic E-state index is -3.21. The lowest BCUT2D eigenvalue weighted by molar-refractivity contribution is 0.332. The minimum absolute atomic E-state index is 0.127. The molecule has 0 saturated heterocycles. The van der Waals surface area contributed by atoms with E-state index in [0.29, 0.717) is 23.5 Å². The zero-order chi connectivity index (χ0) is 15.3. The van der Waals surface area contributed by atoms with Gasteiger partial charge in [-0.05, 0) is 43.4 Å². The summed E-state index contributed by atoms with van der Waals surface area (Å²) in [5.74, 6) is 0.188. The van der Waals surface area contributed by atoms with Crippen molar-refractivity contribution in [3.63, 3.8) is 0 Å². The van der Waals surface area contributed by atoms with Crippen LogP contribution < -0.4 is 11.1 Å². The van der Waals surface area contributed by atoms with Gasteiger partial charge < -0.3 is 11.1 Å². The first-order valence-electron chi connectivity index (χ1n) is 7.79. The second kappa shape index (κ2) is 6.79. The second-order valence-electron chi connectivity index (χ2n) is 6.08. The molecule has 1 aromatic rings. The highest BCUT2D eigenvalue weighted by molar-refractivity contribution is 7.91. The minimum Gasteiger partial charge on any atom is -0.383 e. The summed E-state index contributed by atoms with van der Waals surface area (Å²) in [7, 11) is -3.21. The molecule has 5 heteroatoms. The Morgan fingerprint density at radius 3 is 2.52 bits per heavy atom. The van der Waals surface area contributed by atoms with Crippen LogP contribution in [0.3, 0.4) is 0 Å². The summed E-state index contributed by atoms with van der Waals surface area (Å²) >= 11 is 0. The summed E-state index contributed by atoms with van der Waals surface area (Å²) < 4.78 is 24.7. The maximum Gasteiger partial charge on any atom is 0.180 e. The third-order valence-corrected chi connectivity index (χ3v) is 6.42. The molecule has 0 radical (unpaired) electrons. The quantitative estimate of drug-likeness (QED) is 0.812. The predicted octanol–water partition coefficient (Wildman–Crippen LogP) is 2.80. The van der Waals surface area contributed by atoms with Gasteiger partial charge in [-0.15, -0.1) is 0 Å². The third kappa shape index (κ3) is 3.77. The van der Waals surface area contributed by atoms with Crippen LogP contribution in [0.15, 0.2) is 29.2 Å². The fraction of sp³-hybridized carbons (Fsp3) is 0.625. The summed E-state index contributed by atoms with van der Waals surface area (Å²) in [4.78, 5) is 0.414. The van der Waals surface area contributed by atoms with Gasteiger partial charge in [0.25, 0.3) is 0 Å². The zero-order valence-electron chi connectivity index (χ0n) is 12.8. The first-order valence-corrected chi connectivity index (χ1v) is 9.44. The van der Waals surface area contributed by atoms with Crippen LogP contribution in [-0.4, -0.2) is 27.3 Å². The first-order chi connectivity index (χ1) is 10.0. The van der Waals surface area contributed by atoms with Gasteiger partial charge in [0, 0.05) is 6.54 Å². The summed E-state index contributed by atoms with van der Waals surface area (Å²) in [6, 6.07) is 7.19. The summed E-state index contributed by atoms with van der Waals surface area (Å²) in [6.07, 6.45) is 5.31. The molecular weight excluding hydrogens is 284 g/mol. The molecule has 3 N–H and O–H groups in total. The number of hydrogen-bond donors (Lipinski definition) is 2. The highest BCUT2D eigenvalue weighted by atomic mass is 32.2. The molecule has 0 amide bonds. The van der Waals surface area contributed by atoms with Crippen molar-refractivity contribution in [2.45, 2.75) is 43.9 Å². The van der Waals surface area contributed by atoms with Crippen molar-refractivity contribution in [1.29, 1.82) is 0 Å². The van der Waals surface area contributed by atoms with Gasteiger partial charge in [0.15, 0.2) is 9.84 Å². The topological polar surface area (TPSA) is 72.2 Å². The van der Waals surface area contributed by atoms with Crippen LogP contribution >= 0.6 is 0 Å². The molecule has 0 unspecified atom stereocenters. The zero-order valence-corrected chi connectivity index (χ0v) is 13.6. The molecule has 0 aliphatic heterocycles. The third-order valence-electron chi connectivity index (χ3n) is 4.45. The molecule has 1 aliphatic carbocycles. The molecule has 1 aliphatic rings. The van der Waals surface area contributed by atoms with E-state index >= 15 is 0 Å². The molecule has 0 spiro atoms. The number of anilines is 1. The molecule has 118 valence electrons. The van der Waals surface area contributed by atoms with Crippen molar-refractivity contribution in [2.75, 3.05) is 24.2 Å². The van der Waals surface area contributed by atoms with E-state index < -0.39 is 9.84 Å². The van der Waals surface area contributed by atoms with Crippen molar-refractivity contribution in [3.8, 4) is 0 Å². The monoisotopic (exact) mass is 310 g/mol. The summed E-state index contributed by atoms with van der Waals surface area (Å²) in [6.45, 7) is 3.29. The molecule has 4 nitrogen and oxygen atoms in total. The van der Waals surface area contributed by atoms with Crippen LogP contribution in [0.2, 0.25) is 0 Å². The molecule has 0 atom stereocenters. The number of benzene rings is 1. The lowest BCUT2D eigenvalue weighted by Gasteiger charge is -2.28. The van der Waals surface area contributed by atoms with Crippen molar-refractivity contribution in [3.05, 3.63) is 24.3 Å². The van der Waals surface area contributed by atoms with E-state index in [4.69, 9.17) is 5.73 Å². The van der Waals surface area contributed by atoms with E-state index in [1.54, 1.807) is 12.1 Å². The van der Waals surface area contributed by atoms with E-state index in [1.165, 1.54) is 12.8 Å². The van der Waals surface area contributed by atoms with Crippen LogP contribution in [0.1, 0.15) is 39.0 Å². The van der Waals surface area contributed by atoms with E-state index in [9.17, 15) is 8.42 Å². The van der Waals surface area contributed by atoms with Crippen LogP contribution in [0.5, 0.6) is 0 Å². The van der Waals surface area contributed by atoms with E-state index in [0.717, 1.165) is 19.4 Å². The Morgan fingerprint density at radius 2 is 1.90 bits per heavy atom. The first kappa shape index (κ1) is 16.3. The number of sulfone groups is 1. The molecule has 1 aromatic carbocycles. The van der Waals surface area contributed by atoms with Gasteiger partial charge in [0.1, 0.15) is 0 Å². The Kier molecular flexibility index (Phi) is 5.27. The standard InChI is InChI=1S/C16H26N2O2S/c1-2-11-21(19,20)15-8-4-3-7-14(15)18-13-16(12-17)9-5-6-10-16/h3-4,7-8,18H,2,5-6,9-13,17H2,1H3. The van der Waals surface area contributed by atoms with E-state index in [-0.39, 0.29) is 11.2 Å². The average Bonchev–Trinajstić information content (AvgIpc) is 2.95. The number of hydrogen-bond acceptors (Lipinski definition) is 4. The Hall–Kier alpha value is -1.07. The maximum atomic E-state index is 12.3. The highest BCUT2D eigenvalue weighted by Gasteiger charge is 2.32. The summed E-state index contributed by atoms with van der Waals surface area (Å²) in [5.41, 5.74) is 6.79. The van der Waals surface area contributed by atoms with E-state index in [2.05, 4.69) is 5.32 Å². The Bertz CT molecular complexity index is 563. The smallest absolute Gasteiger partial charge is 0.180 e. The second-order valence-corrected chi connectivity index (χ2v) is 8.16. The fourth-order valence-corrected chi connectivity index (χ4v) is 4.64. The van der Waals surface area contributed by atoms with Crippen molar-refractivity contribution < 1.29 is 8.42 Å². The van der Waals surface area contributed by atoms with Crippen LogP contribution in [-0.2, 0) is 9.84 Å². The van der Waals surface area contributed by atoms with Gasteiger partial charge in [0.05, 0.1) is 16.3 Å². The average molecular weight is 310 g/mol. The van der Waals surface area contributed by atoms with Crippen LogP contribution in [0.4, 0.5) is 5.69 Å². The number of para-hydroxylation sites is 1. The Labute approximate surface area is 128 Å². The lowest BCUT2D eigenvalue weighted by Crippen LogP contribution is -2.34. The lowest BCUT2D eigenvalue weighted by atomic mass is 9.86. The molecule has 0 aromatic heterocycles. The SMILES string of the molecule is CCCS(=O)(=O)c1ccccc1NCC1(CN)CCCC1. The highest BCUT2D eigenvalue weighted by Crippen LogP contribution is 2.37. The number of nitrogens with one attached hydrogen (secondary N) is 1.